The Hall–Kier alpha value is -1.83. The molecule has 0 unspecified atom stereocenters. The monoisotopic (exact) mass is 187 g/mol. The Morgan fingerprint density at radius 1 is 1.43 bits per heavy atom. The van der Waals surface area contributed by atoms with E-state index in [0.29, 0.717) is 5.69 Å². The van der Waals surface area contributed by atoms with E-state index in [1.807, 2.05) is 6.92 Å². The zero-order valence-corrected chi connectivity index (χ0v) is 8.25. The highest BCUT2D eigenvalue weighted by atomic mass is 16.3. The van der Waals surface area contributed by atoms with Crippen LogP contribution in [-0.4, -0.2) is 10.1 Å². The molecule has 0 bridgehead atoms. The molecular weight excluding hydrogens is 174 g/mol. The van der Waals surface area contributed by atoms with Crippen LogP contribution in [0.3, 0.4) is 0 Å². The Labute approximate surface area is 83.9 Å². The van der Waals surface area contributed by atoms with Crippen LogP contribution in [0.25, 0.3) is 17.9 Å². The molecule has 0 spiro atoms. The van der Waals surface area contributed by atoms with Gasteiger partial charge < -0.3 is 5.11 Å². The minimum Gasteiger partial charge on any atom is -0.506 e. The zero-order chi connectivity index (χ0) is 10.7. The summed E-state index contributed by atoms with van der Waals surface area (Å²) in [7, 11) is 0. The molecule has 0 fully saturated rings. The number of pyridine rings is 1. The molecule has 2 heteroatoms. The molecule has 0 atom stereocenters. The summed E-state index contributed by atoms with van der Waals surface area (Å²) >= 11 is 0. The van der Waals surface area contributed by atoms with Crippen LogP contribution in [0.1, 0.15) is 22.4 Å². The minimum absolute atomic E-state index is 0.0267. The van der Waals surface area contributed by atoms with E-state index in [0.717, 1.165) is 16.7 Å². The maximum absolute atomic E-state index is 9.27. The summed E-state index contributed by atoms with van der Waals surface area (Å²) in [6, 6.07) is 0. The number of aromatic nitrogens is 1. The lowest BCUT2D eigenvalue weighted by Gasteiger charge is -2.09. The van der Waals surface area contributed by atoms with Gasteiger partial charge >= 0.3 is 0 Å². The van der Waals surface area contributed by atoms with Crippen molar-refractivity contribution in [2.24, 2.45) is 0 Å². The summed E-state index contributed by atoms with van der Waals surface area (Å²) in [6.07, 6.45) is 5.08. The lowest BCUT2D eigenvalue weighted by atomic mass is 10.0. The fraction of sp³-hybridized carbons (Fsp3) is 0.0833. The van der Waals surface area contributed by atoms with Gasteiger partial charge in [-0.25, -0.2) is 0 Å². The van der Waals surface area contributed by atoms with E-state index in [2.05, 4.69) is 24.7 Å². The van der Waals surface area contributed by atoms with E-state index in [1.165, 1.54) is 0 Å². The molecule has 0 aliphatic rings. The second kappa shape index (κ2) is 3.92. The molecule has 0 saturated heterocycles. The summed E-state index contributed by atoms with van der Waals surface area (Å²) in [6.45, 7) is 12.7. The van der Waals surface area contributed by atoms with Crippen LogP contribution >= 0.6 is 0 Å². The Balaban J connectivity index is 3.49. The smallest absolute Gasteiger partial charge is 0.134 e. The number of rotatable bonds is 3. The topological polar surface area (TPSA) is 33.1 Å². The number of aliphatic hydroxyl groups excluding tert-OH is 1. The van der Waals surface area contributed by atoms with Gasteiger partial charge in [-0.1, -0.05) is 31.9 Å². The van der Waals surface area contributed by atoms with Crippen LogP contribution in [-0.2, 0) is 0 Å². The normalized spacial score (nSPS) is 9.50. The summed E-state index contributed by atoms with van der Waals surface area (Å²) in [5, 5.41) is 9.27. The molecule has 0 amide bonds. The predicted octanol–water partition coefficient (Wildman–Crippen LogP) is 3.20. The Kier molecular flexibility index (Phi) is 2.87. The highest BCUT2D eigenvalue weighted by Crippen LogP contribution is 2.21. The molecule has 0 aliphatic carbocycles. The minimum atomic E-state index is -0.0267. The molecule has 1 rings (SSSR count). The van der Waals surface area contributed by atoms with Crippen LogP contribution in [0.5, 0.6) is 0 Å². The van der Waals surface area contributed by atoms with Crippen LogP contribution in [0.4, 0.5) is 0 Å². The van der Waals surface area contributed by atoms with Gasteiger partial charge in [0, 0.05) is 6.20 Å². The predicted molar refractivity (Wildman–Crippen MR) is 60.8 cm³/mol. The van der Waals surface area contributed by atoms with Crippen molar-refractivity contribution in [2.45, 2.75) is 6.92 Å². The van der Waals surface area contributed by atoms with Gasteiger partial charge in [0.05, 0.1) is 0 Å². The summed E-state index contributed by atoms with van der Waals surface area (Å²) < 4.78 is 0. The number of aliphatic hydroxyl groups is 1. The zero-order valence-electron chi connectivity index (χ0n) is 8.25. The number of nitrogens with zero attached hydrogens (tertiary/aromatic N) is 1. The van der Waals surface area contributed by atoms with Gasteiger partial charge in [0.15, 0.2) is 0 Å². The average Bonchev–Trinajstić information content (AvgIpc) is 2.16. The van der Waals surface area contributed by atoms with Crippen molar-refractivity contribution in [3.05, 3.63) is 48.3 Å². The third-order valence-electron chi connectivity index (χ3n) is 2.10. The molecule has 1 aromatic heterocycles. The first-order valence-corrected chi connectivity index (χ1v) is 4.24. The largest absolute Gasteiger partial charge is 0.506 e. The molecule has 0 aliphatic heterocycles. The van der Waals surface area contributed by atoms with Crippen molar-refractivity contribution >= 4 is 17.9 Å². The van der Waals surface area contributed by atoms with Gasteiger partial charge in [-0.15, -0.1) is 0 Å². The van der Waals surface area contributed by atoms with Gasteiger partial charge in [0.1, 0.15) is 11.5 Å². The lowest BCUT2D eigenvalue weighted by molar-refractivity contribution is 0.510. The Bertz CT molecular complexity index is 405. The molecule has 0 aromatic carbocycles. The van der Waals surface area contributed by atoms with Crippen molar-refractivity contribution in [1.29, 1.82) is 0 Å². The third kappa shape index (κ3) is 1.59. The number of hydrogen-bond acceptors (Lipinski definition) is 2. The standard InChI is InChI=1S/C12H13NO/c1-5-10-7-13-12(9(4)14)8(3)11(10)6-2/h5-7,14H,1-2,4H2,3H3. The fourth-order valence-corrected chi connectivity index (χ4v) is 1.37. The summed E-state index contributed by atoms with van der Waals surface area (Å²) in [5.41, 5.74) is 3.21. The molecule has 1 N–H and O–H groups in total. The second-order valence-corrected chi connectivity index (χ2v) is 2.96. The molecule has 0 saturated carbocycles. The number of hydrogen-bond donors (Lipinski definition) is 1. The van der Waals surface area contributed by atoms with Gasteiger partial charge in [-0.2, -0.15) is 0 Å². The van der Waals surface area contributed by atoms with E-state index in [1.54, 1.807) is 18.3 Å². The maximum atomic E-state index is 9.27. The fourth-order valence-electron chi connectivity index (χ4n) is 1.37. The summed E-state index contributed by atoms with van der Waals surface area (Å²) in [4.78, 5) is 4.09. The molecule has 2 nitrogen and oxygen atoms in total. The van der Waals surface area contributed by atoms with Crippen molar-refractivity contribution in [2.75, 3.05) is 0 Å². The molecule has 1 aromatic rings. The van der Waals surface area contributed by atoms with Gasteiger partial charge in [0.25, 0.3) is 0 Å². The van der Waals surface area contributed by atoms with Crippen LogP contribution in [0, 0.1) is 6.92 Å². The first kappa shape index (κ1) is 10.3. The van der Waals surface area contributed by atoms with Gasteiger partial charge in [0.2, 0.25) is 0 Å². The SMILES string of the molecule is C=Cc1cnc(C(=C)O)c(C)c1C=C. The lowest BCUT2D eigenvalue weighted by Crippen LogP contribution is -1.97. The molecule has 72 valence electrons. The van der Waals surface area contributed by atoms with Gasteiger partial charge in [-0.3, -0.25) is 4.98 Å². The van der Waals surface area contributed by atoms with Crippen molar-refractivity contribution in [1.82, 2.24) is 4.98 Å². The first-order chi connectivity index (χ1) is 6.61. The van der Waals surface area contributed by atoms with E-state index >= 15 is 0 Å². The van der Waals surface area contributed by atoms with Crippen LogP contribution < -0.4 is 0 Å². The van der Waals surface area contributed by atoms with Crippen LogP contribution in [0.2, 0.25) is 0 Å². The molecule has 1 heterocycles. The molecular formula is C12H13NO. The maximum Gasteiger partial charge on any atom is 0.134 e. The highest BCUT2D eigenvalue weighted by molar-refractivity contribution is 5.70. The van der Waals surface area contributed by atoms with E-state index < -0.39 is 0 Å². The second-order valence-electron chi connectivity index (χ2n) is 2.96. The molecule has 14 heavy (non-hydrogen) atoms. The van der Waals surface area contributed by atoms with Gasteiger partial charge in [-0.05, 0) is 23.6 Å². The van der Waals surface area contributed by atoms with E-state index in [4.69, 9.17) is 0 Å². The van der Waals surface area contributed by atoms with Crippen LogP contribution in [0.15, 0.2) is 25.9 Å². The Morgan fingerprint density at radius 3 is 2.50 bits per heavy atom. The first-order valence-electron chi connectivity index (χ1n) is 4.24. The van der Waals surface area contributed by atoms with Crippen molar-refractivity contribution in [3.63, 3.8) is 0 Å². The Morgan fingerprint density at radius 2 is 2.07 bits per heavy atom. The third-order valence-corrected chi connectivity index (χ3v) is 2.10. The average molecular weight is 187 g/mol. The van der Waals surface area contributed by atoms with Crippen molar-refractivity contribution in [3.8, 4) is 0 Å². The quantitative estimate of drug-likeness (QED) is 0.737. The van der Waals surface area contributed by atoms with E-state index in [-0.39, 0.29) is 5.76 Å². The molecule has 0 radical (unpaired) electrons. The van der Waals surface area contributed by atoms with E-state index in [9.17, 15) is 5.11 Å². The van der Waals surface area contributed by atoms with Crippen molar-refractivity contribution < 1.29 is 5.11 Å². The summed E-state index contributed by atoms with van der Waals surface area (Å²) in [5.74, 6) is -0.0267. The highest BCUT2D eigenvalue weighted by Gasteiger charge is 2.08.